The number of hydrogen-bond donors (Lipinski definition) is 1. The minimum atomic E-state index is -5.08. The van der Waals surface area contributed by atoms with E-state index in [-0.39, 0.29) is 5.91 Å². The molecule has 3 fully saturated rings. The predicted molar refractivity (Wildman–Crippen MR) is 97.1 cm³/mol. The van der Waals surface area contributed by atoms with Gasteiger partial charge in [0, 0.05) is 44.0 Å². The van der Waals surface area contributed by atoms with Gasteiger partial charge in [0.1, 0.15) is 5.69 Å². The number of hydrogen-bond acceptors (Lipinski definition) is 5. The quantitative estimate of drug-likeness (QED) is 0.818. The molecule has 1 spiro atoms. The number of rotatable bonds is 3. The fourth-order valence-corrected chi connectivity index (χ4v) is 4.14. The van der Waals surface area contributed by atoms with E-state index >= 15 is 0 Å². The zero-order valence-corrected chi connectivity index (χ0v) is 16.1. The van der Waals surface area contributed by atoms with Crippen molar-refractivity contribution in [2.45, 2.75) is 38.3 Å². The van der Waals surface area contributed by atoms with E-state index in [9.17, 15) is 18.0 Å². The summed E-state index contributed by atoms with van der Waals surface area (Å²) < 4.78 is 31.7. The first-order valence-electron chi connectivity index (χ1n) is 9.76. The average Bonchev–Trinajstić information content (AvgIpc) is 3.42. The summed E-state index contributed by atoms with van der Waals surface area (Å²) in [5.74, 6) is -1.75. The van der Waals surface area contributed by atoms with Gasteiger partial charge in [-0.1, -0.05) is 0 Å². The van der Waals surface area contributed by atoms with Crippen LogP contribution >= 0.6 is 0 Å². The Hall–Kier alpha value is -2.23. The highest BCUT2D eigenvalue weighted by molar-refractivity contribution is 5.92. The third-order valence-corrected chi connectivity index (χ3v) is 5.70. The van der Waals surface area contributed by atoms with Crippen LogP contribution in [0.25, 0.3) is 0 Å². The van der Waals surface area contributed by atoms with Gasteiger partial charge in [0.15, 0.2) is 0 Å². The number of carboxylic acids is 1. The first-order chi connectivity index (χ1) is 13.7. The number of carbonyl (C=O) groups excluding carboxylic acids is 1. The topological polar surface area (TPSA) is 86.6 Å². The van der Waals surface area contributed by atoms with E-state index in [1.165, 1.54) is 45.3 Å². The number of nitrogens with zero attached hydrogens (tertiary/aromatic N) is 4. The van der Waals surface area contributed by atoms with Crippen LogP contribution in [0.4, 0.5) is 13.2 Å². The Morgan fingerprint density at radius 2 is 1.90 bits per heavy atom. The second-order valence-electron chi connectivity index (χ2n) is 8.15. The molecule has 10 heteroatoms. The number of piperidine rings is 1. The number of carbonyl (C=O) groups is 2. The van der Waals surface area contributed by atoms with Crippen molar-refractivity contribution in [1.29, 1.82) is 0 Å². The number of aliphatic carboxylic acids is 1. The van der Waals surface area contributed by atoms with Gasteiger partial charge in [-0.3, -0.25) is 9.78 Å². The van der Waals surface area contributed by atoms with Crippen molar-refractivity contribution in [2.24, 2.45) is 11.3 Å². The molecule has 1 saturated carbocycles. The fourth-order valence-electron chi connectivity index (χ4n) is 4.14. The first kappa shape index (κ1) is 21.5. The molecule has 1 aliphatic carbocycles. The molecule has 1 N–H and O–H groups in total. The number of amides is 1. The van der Waals surface area contributed by atoms with Crippen molar-refractivity contribution in [2.75, 3.05) is 32.7 Å². The van der Waals surface area contributed by atoms with Gasteiger partial charge in [-0.05, 0) is 44.6 Å². The molecule has 1 atom stereocenters. The second-order valence-corrected chi connectivity index (χ2v) is 8.15. The van der Waals surface area contributed by atoms with E-state index in [1.54, 1.807) is 18.6 Å². The molecule has 29 heavy (non-hydrogen) atoms. The zero-order chi connectivity index (χ0) is 21.1. The summed E-state index contributed by atoms with van der Waals surface area (Å²) in [5.41, 5.74) is 0.803. The Morgan fingerprint density at radius 3 is 2.48 bits per heavy atom. The van der Waals surface area contributed by atoms with Gasteiger partial charge < -0.3 is 14.9 Å². The number of likely N-dealkylation sites (tertiary alicyclic amines) is 2. The molecule has 0 radical (unpaired) electrons. The van der Waals surface area contributed by atoms with E-state index in [4.69, 9.17) is 9.90 Å². The van der Waals surface area contributed by atoms with Crippen LogP contribution < -0.4 is 0 Å². The monoisotopic (exact) mass is 414 g/mol. The molecule has 2 aliphatic heterocycles. The largest absolute Gasteiger partial charge is 0.490 e. The van der Waals surface area contributed by atoms with E-state index in [0.717, 1.165) is 25.4 Å². The zero-order valence-electron chi connectivity index (χ0n) is 16.1. The standard InChI is InChI=1S/C17H24N4O.C2HF3O2/c22-16(15-10-18-6-7-19-15)21-8-1-4-17(13-21)5-9-20(12-17)11-14-2-3-14;3-2(4,5)1(6)7/h6-7,10,14H,1-5,8-9,11-13H2;(H,6,7). The third-order valence-electron chi connectivity index (χ3n) is 5.70. The highest BCUT2D eigenvalue weighted by Gasteiger charge is 2.43. The Bertz CT molecular complexity index is 727. The highest BCUT2D eigenvalue weighted by Crippen LogP contribution is 2.41. The van der Waals surface area contributed by atoms with E-state index in [2.05, 4.69) is 14.9 Å². The van der Waals surface area contributed by atoms with Gasteiger partial charge in [0.25, 0.3) is 5.91 Å². The lowest BCUT2D eigenvalue weighted by Gasteiger charge is -2.40. The maximum absolute atomic E-state index is 12.6. The van der Waals surface area contributed by atoms with E-state index in [1.807, 2.05) is 4.90 Å². The summed E-state index contributed by atoms with van der Waals surface area (Å²) in [6.07, 6.45) is 6.16. The van der Waals surface area contributed by atoms with Crippen LogP contribution in [0.5, 0.6) is 0 Å². The lowest BCUT2D eigenvalue weighted by Crippen LogP contribution is -2.47. The molecule has 1 unspecified atom stereocenters. The van der Waals surface area contributed by atoms with Crippen LogP contribution in [0.1, 0.15) is 42.6 Å². The van der Waals surface area contributed by atoms with Crippen molar-refractivity contribution >= 4 is 11.9 Å². The molecule has 0 bridgehead atoms. The van der Waals surface area contributed by atoms with Crippen LogP contribution in [0.15, 0.2) is 18.6 Å². The molecule has 4 rings (SSSR count). The molecular formula is C19H25F3N4O3. The Labute approximate surface area is 166 Å². The second kappa shape index (κ2) is 8.64. The molecule has 1 aromatic heterocycles. The Balaban J connectivity index is 0.000000298. The Kier molecular flexibility index (Phi) is 6.40. The summed E-state index contributed by atoms with van der Waals surface area (Å²) >= 11 is 0. The maximum Gasteiger partial charge on any atom is 0.490 e. The normalized spacial score (nSPS) is 24.9. The van der Waals surface area contributed by atoms with Crippen molar-refractivity contribution in [3.63, 3.8) is 0 Å². The molecule has 1 amide bonds. The molecule has 3 heterocycles. The van der Waals surface area contributed by atoms with E-state index < -0.39 is 12.1 Å². The Morgan fingerprint density at radius 1 is 1.17 bits per heavy atom. The summed E-state index contributed by atoms with van der Waals surface area (Å²) in [6, 6.07) is 0. The van der Waals surface area contributed by atoms with Gasteiger partial charge in [0.05, 0.1) is 6.20 Å². The maximum atomic E-state index is 12.6. The first-order valence-corrected chi connectivity index (χ1v) is 9.76. The molecule has 0 aromatic carbocycles. The fraction of sp³-hybridized carbons (Fsp3) is 0.684. The lowest BCUT2D eigenvalue weighted by molar-refractivity contribution is -0.192. The molecule has 160 valence electrons. The van der Waals surface area contributed by atoms with Crippen LogP contribution in [-0.2, 0) is 4.79 Å². The molecule has 3 aliphatic rings. The average molecular weight is 414 g/mol. The molecule has 2 saturated heterocycles. The third kappa shape index (κ3) is 5.88. The van der Waals surface area contributed by atoms with Crippen LogP contribution in [0, 0.1) is 11.3 Å². The van der Waals surface area contributed by atoms with Gasteiger partial charge >= 0.3 is 12.1 Å². The summed E-state index contributed by atoms with van der Waals surface area (Å²) in [7, 11) is 0. The lowest BCUT2D eigenvalue weighted by atomic mass is 9.79. The number of halogens is 3. The predicted octanol–water partition coefficient (Wildman–Crippen LogP) is 2.45. The van der Waals surface area contributed by atoms with E-state index in [0.29, 0.717) is 11.1 Å². The van der Waals surface area contributed by atoms with Gasteiger partial charge in [-0.15, -0.1) is 0 Å². The molecule has 7 nitrogen and oxygen atoms in total. The van der Waals surface area contributed by atoms with Crippen molar-refractivity contribution < 1.29 is 27.9 Å². The minimum absolute atomic E-state index is 0.0489. The number of carboxylic acid groups (broad SMARTS) is 1. The highest BCUT2D eigenvalue weighted by atomic mass is 19.4. The van der Waals surface area contributed by atoms with Crippen LogP contribution in [0.2, 0.25) is 0 Å². The van der Waals surface area contributed by atoms with Gasteiger partial charge in [-0.2, -0.15) is 13.2 Å². The van der Waals surface area contributed by atoms with Gasteiger partial charge in [0.2, 0.25) is 0 Å². The van der Waals surface area contributed by atoms with Crippen molar-refractivity contribution in [1.82, 2.24) is 19.8 Å². The van der Waals surface area contributed by atoms with Crippen molar-refractivity contribution in [3.05, 3.63) is 24.3 Å². The number of aromatic nitrogens is 2. The van der Waals surface area contributed by atoms with Crippen LogP contribution in [0.3, 0.4) is 0 Å². The molecule has 1 aromatic rings. The summed E-state index contributed by atoms with van der Waals surface area (Å²) in [6.45, 7) is 5.42. The molecular weight excluding hydrogens is 389 g/mol. The van der Waals surface area contributed by atoms with Gasteiger partial charge in [-0.25, -0.2) is 9.78 Å². The smallest absolute Gasteiger partial charge is 0.475 e. The summed E-state index contributed by atoms with van der Waals surface area (Å²) in [5, 5.41) is 7.12. The summed E-state index contributed by atoms with van der Waals surface area (Å²) in [4.78, 5) is 34.3. The SMILES string of the molecule is O=C(O)C(F)(F)F.O=C(c1cnccn1)N1CCCC2(CCN(CC3CC3)C2)C1. The number of alkyl halides is 3. The van der Waals surface area contributed by atoms with Crippen molar-refractivity contribution in [3.8, 4) is 0 Å². The van der Waals surface area contributed by atoms with Crippen LogP contribution in [-0.4, -0.2) is 75.7 Å². The minimum Gasteiger partial charge on any atom is -0.475 e.